The molecule has 2 aromatic heterocycles. The standard InChI is InChI=1S/C15H22N6O2/c1-4-23-15(22)11(2)20-5-7-21(8-6-20)14-12-9-18-19(3)13(12)16-10-17-14/h9-11H,4-8H2,1-3H3/t11-/m1/s1. The lowest BCUT2D eigenvalue weighted by Gasteiger charge is -2.37. The molecule has 0 aliphatic carbocycles. The van der Waals surface area contributed by atoms with Crippen LogP contribution in [0.3, 0.4) is 0 Å². The minimum absolute atomic E-state index is 0.155. The van der Waals surface area contributed by atoms with Crippen molar-refractivity contribution in [3.8, 4) is 0 Å². The van der Waals surface area contributed by atoms with Crippen LogP contribution in [0.1, 0.15) is 13.8 Å². The number of aryl methyl sites for hydroxylation is 1. The lowest BCUT2D eigenvalue weighted by molar-refractivity contribution is -0.149. The topological polar surface area (TPSA) is 76.4 Å². The van der Waals surface area contributed by atoms with Crippen LogP contribution in [-0.2, 0) is 16.6 Å². The van der Waals surface area contributed by atoms with Crippen LogP contribution < -0.4 is 4.90 Å². The van der Waals surface area contributed by atoms with Crippen LogP contribution in [0.4, 0.5) is 5.82 Å². The molecule has 3 heterocycles. The van der Waals surface area contributed by atoms with Gasteiger partial charge in [0, 0.05) is 33.2 Å². The first-order valence-electron chi connectivity index (χ1n) is 7.90. The van der Waals surface area contributed by atoms with Crippen LogP contribution >= 0.6 is 0 Å². The molecule has 0 saturated carbocycles. The fourth-order valence-corrected chi connectivity index (χ4v) is 2.93. The highest BCUT2D eigenvalue weighted by atomic mass is 16.5. The monoisotopic (exact) mass is 318 g/mol. The van der Waals surface area contributed by atoms with E-state index in [-0.39, 0.29) is 12.0 Å². The first-order valence-corrected chi connectivity index (χ1v) is 7.90. The second kappa shape index (κ2) is 6.49. The lowest BCUT2D eigenvalue weighted by atomic mass is 10.2. The van der Waals surface area contributed by atoms with Crippen LogP contribution in [0.25, 0.3) is 11.0 Å². The van der Waals surface area contributed by atoms with E-state index in [0.717, 1.165) is 43.0 Å². The van der Waals surface area contributed by atoms with Crippen molar-refractivity contribution in [1.29, 1.82) is 0 Å². The molecule has 23 heavy (non-hydrogen) atoms. The molecule has 8 nitrogen and oxygen atoms in total. The number of aromatic nitrogens is 4. The van der Waals surface area contributed by atoms with Crippen molar-refractivity contribution in [2.24, 2.45) is 7.05 Å². The second-order valence-corrected chi connectivity index (χ2v) is 5.65. The highest BCUT2D eigenvalue weighted by molar-refractivity contribution is 5.86. The highest BCUT2D eigenvalue weighted by Crippen LogP contribution is 2.23. The fraction of sp³-hybridized carbons (Fsp3) is 0.600. The van der Waals surface area contributed by atoms with Gasteiger partial charge in [0.2, 0.25) is 0 Å². The van der Waals surface area contributed by atoms with E-state index in [1.54, 1.807) is 17.2 Å². The molecule has 0 N–H and O–H groups in total. The van der Waals surface area contributed by atoms with Gasteiger partial charge in [-0.2, -0.15) is 5.10 Å². The Balaban J connectivity index is 1.70. The van der Waals surface area contributed by atoms with Crippen LogP contribution in [-0.4, -0.2) is 69.4 Å². The minimum Gasteiger partial charge on any atom is -0.465 e. The average Bonchev–Trinajstić information content (AvgIpc) is 2.96. The zero-order chi connectivity index (χ0) is 16.4. The minimum atomic E-state index is -0.207. The van der Waals surface area contributed by atoms with Crippen LogP contribution in [0.2, 0.25) is 0 Å². The summed E-state index contributed by atoms with van der Waals surface area (Å²) < 4.78 is 6.85. The second-order valence-electron chi connectivity index (χ2n) is 5.65. The molecule has 1 aliphatic rings. The average molecular weight is 318 g/mol. The van der Waals surface area contributed by atoms with E-state index in [0.29, 0.717) is 6.61 Å². The number of carbonyl (C=O) groups is 1. The molecular weight excluding hydrogens is 296 g/mol. The van der Waals surface area contributed by atoms with Gasteiger partial charge in [-0.15, -0.1) is 0 Å². The molecule has 1 saturated heterocycles. The molecule has 0 spiro atoms. The van der Waals surface area contributed by atoms with E-state index in [4.69, 9.17) is 4.74 Å². The van der Waals surface area contributed by atoms with Crippen LogP contribution in [0.15, 0.2) is 12.5 Å². The van der Waals surface area contributed by atoms with Gasteiger partial charge in [0.05, 0.1) is 18.2 Å². The zero-order valence-corrected chi connectivity index (χ0v) is 13.8. The van der Waals surface area contributed by atoms with Gasteiger partial charge in [-0.3, -0.25) is 14.4 Å². The maximum atomic E-state index is 11.9. The summed E-state index contributed by atoms with van der Waals surface area (Å²) in [5.74, 6) is 0.754. The number of rotatable bonds is 4. The van der Waals surface area contributed by atoms with Gasteiger partial charge >= 0.3 is 5.97 Å². The summed E-state index contributed by atoms with van der Waals surface area (Å²) in [4.78, 5) is 24.9. The molecule has 2 aromatic rings. The molecule has 0 amide bonds. The number of nitrogens with zero attached hydrogens (tertiary/aromatic N) is 6. The Labute approximate surface area is 135 Å². The number of hydrogen-bond donors (Lipinski definition) is 0. The fourth-order valence-electron chi connectivity index (χ4n) is 2.93. The van der Waals surface area contributed by atoms with Crippen molar-refractivity contribution >= 4 is 22.8 Å². The third kappa shape index (κ3) is 2.98. The molecule has 0 bridgehead atoms. The van der Waals surface area contributed by atoms with E-state index in [9.17, 15) is 4.79 Å². The van der Waals surface area contributed by atoms with Crippen molar-refractivity contribution in [2.45, 2.75) is 19.9 Å². The molecule has 0 aromatic carbocycles. The van der Waals surface area contributed by atoms with Crippen LogP contribution in [0, 0.1) is 0 Å². The Kier molecular flexibility index (Phi) is 4.42. The van der Waals surface area contributed by atoms with Gasteiger partial charge in [-0.05, 0) is 13.8 Å². The predicted molar refractivity (Wildman–Crippen MR) is 86.2 cm³/mol. The maximum absolute atomic E-state index is 11.9. The number of fused-ring (bicyclic) bond motifs is 1. The molecule has 0 radical (unpaired) electrons. The van der Waals surface area contributed by atoms with Crippen molar-refractivity contribution in [3.05, 3.63) is 12.5 Å². The summed E-state index contributed by atoms with van der Waals surface area (Å²) in [6, 6.07) is -0.207. The van der Waals surface area contributed by atoms with E-state index in [2.05, 4.69) is 24.9 Å². The summed E-state index contributed by atoms with van der Waals surface area (Å²) in [5, 5.41) is 5.21. The number of anilines is 1. The first-order chi connectivity index (χ1) is 11.1. The van der Waals surface area contributed by atoms with E-state index >= 15 is 0 Å². The highest BCUT2D eigenvalue weighted by Gasteiger charge is 2.27. The van der Waals surface area contributed by atoms with Gasteiger partial charge in [-0.1, -0.05) is 0 Å². The lowest BCUT2D eigenvalue weighted by Crippen LogP contribution is -2.52. The molecule has 3 rings (SSSR count). The summed E-state index contributed by atoms with van der Waals surface area (Å²) >= 11 is 0. The van der Waals surface area contributed by atoms with Gasteiger partial charge < -0.3 is 9.64 Å². The largest absolute Gasteiger partial charge is 0.465 e. The number of piperazine rings is 1. The molecule has 1 atom stereocenters. The Morgan fingerprint density at radius 3 is 2.74 bits per heavy atom. The summed E-state index contributed by atoms with van der Waals surface area (Å²) in [6.07, 6.45) is 3.38. The Hall–Kier alpha value is -2.22. The van der Waals surface area contributed by atoms with Crippen LogP contribution in [0.5, 0.6) is 0 Å². The Bertz CT molecular complexity index is 692. The molecule has 0 unspecified atom stereocenters. The number of ether oxygens (including phenoxy) is 1. The quantitative estimate of drug-likeness (QED) is 0.757. The Morgan fingerprint density at radius 1 is 1.30 bits per heavy atom. The van der Waals surface area contributed by atoms with Gasteiger partial charge in [0.25, 0.3) is 0 Å². The summed E-state index contributed by atoms with van der Waals surface area (Å²) in [5.41, 5.74) is 0.831. The Morgan fingerprint density at radius 2 is 2.04 bits per heavy atom. The number of hydrogen-bond acceptors (Lipinski definition) is 7. The molecular formula is C15H22N6O2. The van der Waals surface area contributed by atoms with E-state index in [1.807, 2.05) is 20.9 Å². The smallest absolute Gasteiger partial charge is 0.323 e. The molecule has 124 valence electrons. The van der Waals surface area contributed by atoms with Crippen molar-refractivity contribution in [1.82, 2.24) is 24.6 Å². The first kappa shape index (κ1) is 15.7. The van der Waals surface area contributed by atoms with Gasteiger partial charge in [0.15, 0.2) is 5.65 Å². The van der Waals surface area contributed by atoms with Crippen molar-refractivity contribution < 1.29 is 9.53 Å². The molecule has 1 fully saturated rings. The van der Waals surface area contributed by atoms with E-state index in [1.165, 1.54) is 0 Å². The number of carbonyl (C=O) groups excluding carboxylic acids is 1. The van der Waals surface area contributed by atoms with Crippen molar-refractivity contribution in [3.63, 3.8) is 0 Å². The van der Waals surface area contributed by atoms with Gasteiger partial charge in [0.1, 0.15) is 18.2 Å². The number of esters is 1. The summed E-state index contributed by atoms with van der Waals surface area (Å²) in [6.45, 7) is 7.37. The zero-order valence-electron chi connectivity index (χ0n) is 13.8. The molecule has 1 aliphatic heterocycles. The molecule has 8 heteroatoms. The third-order valence-electron chi connectivity index (χ3n) is 4.30. The van der Waals surface area contributed by atoms with E-state index < -0.39 is 0 Å². The van der Waals surface area contributed by atoms with Crippen molar-refractivity contribution in [2.75, 3.05) is 37.7 Å². The third-order valence-corrected chi connectivity index (χ3v) is 4.30. The SMILES string of the molecule is CCOC(=O)[C@@H](C)N1CCN(c2ncnc3c2cnn3C)CC1. The normalized spacial score (nSPS) is 17.4. The predicted octanol–water partition coefficient (Wildman–Crippen LogP) is 0.437. The van der Waals surface area contributed by atoms with Gasteiger partial charge in [-0.25, -0.2) is 9.97 Å². The summed E-state index contributed by atoms with van der Waals surface area (Å²) in [7, 11) is 1.87. The maximum Gasteiger partial charge on any atom is 0.323 e.